The summed E-state index contributed by atoms with van der Waals surface area (Å²) in [5.74, 6) is 1.59. The second-order valence-electron chi connectivity index (χ2n) is 4.53. The number of piperidine rings is 1. The lowest BCUT2D eigenvalue weighted by Gasteiger charge is -2.35. The van der Waals surface area contributed by atoms with Crippen LogP contribution in [0.4, 0.5) is 5.82 Å². The molecule has 90 valence electrons. The number of H-pyrrole nitrogens is 1. The lowest BCUT2D eigenvalue weighted by Crippen LogP contribution is -2.40. The van der Waals surface area contributed by atoms with E-state index in [-0.39, 0.29) is 0 Å². The lowest BCUT2D eigenvalue weighted by atomic mass is 10.0. The van der Waals surface area contributed by atoms with Gasteiger partial charge in [-0.2, -0.15) is 0 Å². The molecule has 0 radical (unpaired) electrons. The molecule has 0 amide bonds. The van der Waals surface area contributed by atoms with Crippen molar-refractivity contribution >= 4 is 32.9 Å². The number of anilines is 1. The molecule has 1 fully saturated rings. The highest BCUT2D eigenvalue weighted by molar-refractivity contribution is 9.09. The van der Waals surface area contributed by atoms with E-state index in [1.807, 2.05) is 0 Å². The smallest absolute Gasteiger partial charge is 0.182 e. The van der Waals surface area contributed by atoms with Crippen molar-refractivity contribution in [2.75, 3.05) is 18.0 Å². The molecule has 3 rings (SSSR count). The number of hydrogen-bond donors (Lipinski definition) is 1. The Labute approximate surface area is 108 Å². The van der Waals surface area contributed by atoms with Gasteiger partial charge in [0.15, 0.2) is 11.5 Å². The predicted molar refractivity (Wildman–Crippen MR) is 70.4 cm³/mol. The van der Waals surface area contributed by atoms with Gasteiger partial charge in [0.2, 0.25) is 0 Å². The van der Waals surface area contributed by atoms with E-state index in [0.717, 1.165) is 36.5 Å². The summed E-state index contributed by atoms with van der Waals surface area (Å²) in [6, 6.07) is 0. The average molecular weight is 296 g/mol. The summed E-state index contributed by atoms with van der Waals surface area (Å²) < 4.78 is 0. The third kappa shape index (κ3) is 1.90. The van der Waals surface area contributed by atoms with E-state index in [4.69, 9.17) is 0 Å². The molecule has 2 atom stereocenters. The van der Waals surface area contributed by atoms with Gasteiger partial charge in [0, 0.05) is 17.9 Å². The van der Waals surface area contributed by atoms with Crippen molar-refractivity contribution < 1.29 is 0 Å². The molecule has 3 heterocycles. The Kier molecular flexibility index (Phi) is 2.74. The molecule has 2 aromatic heterocycles. The highest BCUT2D eigenvalue weighted by Gasteiger charge is 2.26. The number of halogens is 1. The second kappa shape index (κ2) is 4.25. The maximum atomic E-state index is 4.39. The first-order valence-corrected chi connectivity index (χ1v) is 6.70. The molecule has 1 aliphatic rings. The molecule has 1 aliphatic heterocycles. The molecule has 17 heavy (non-hydrogen) atoms. The number of nitrogens with zero attached hydrogens (tertiary/aromatic N) is 4. The summed E-state index contributed by atoms with van der Waals surface area (Å²) >= 11 is 3.72. The van der Waals surface area contributed by atoms with Gasteiger partial charge in [-0.15, -0.1) is 0 Å². The average Bonchev–Trinajstić information content (AvgIpc) is 2.80. The molecule has 2 unspecified atom stereocenters. The topological polar surface area (TPSA) is 57.7 Å². The standard InChI is InChI=1S/C11H14BrN5/c1-7-4-17(3-2-8(7)12)11-9-10(14-5-13-9)15-6-16-11/h5-8H,2-4H2,1H3,(H,13,14,15,16). The number of fused-ring (bicyclic) bond motifs is 1. The minimum atomic E-state index is 0.609. The van der Waals surface area contributed by atoms with E-state index in [2.05, 4.69) is 47.7 Å². The first kappa shape index (κ1) is 11.0. The fraction of sp³-hybridized carbons (Fsp3) is 0.545. The second-order valence-corrected chi connectivity index (χ2v) is 5.70. The number of rotatable bonds is 1. The van der Waals surface area contributed by atoms with Gasteiger partial charge in [-0.05, 0) is 12.3 Å². The summed E-state index contributed by atoms with van der Waals surface area (Å²) in [6.07, 6.45) is 4.40. The quantitative estimate of drug-likeness (QED) is 0.817. The molecule has 5 nitrogen and oxygen atoms in total. The predicted octanol–water partition coefficient (Wildman–Crippen LogP) is 1.96. The molecule has 1 N–H and O–H groups in total. The maximum Gasteiger partial charge on any atom is 0.182 e. The minimum Gasteiger partial charge on any atom is -0.354 e. The Morgan fingerprint density at radius 3 is 3.12 bits per heavy atom. The molecule has 0 aliphatic carbocycles. The number of aromatic amines is 1. The lowest BCUT2D eigenvalue weighted by molar-refractivity contribution is 0.464. The number of alkyl halides is 1. The Morgan fingerprint density at radius 1 is 1.41 bits per heavy atom. The van der Waals surface area contributed by atoms with Crippen molar-refractivity contribution in [3.8, 4) is 0 Å². The van der Waals surface area contributed by atoms with Crippen LogP contribution in [0.1, 0.15) is 13.3 Å². The van der Waals surface area contributed by atoms with Crippen LogP contribution in [0.2, 0.25) is 0 Å². The van der Waals surface area contributed by atoms with Gasteiger partial charge in [-0.1, -0.05) is 22.9 Å². The number of hydrogen-bond acceptors (Lipinski definition) is 4. The normalized spacial score (nSPS) is 25.4. The number of nitrogens with one attached hydrogen (secondary N) is 1. The molecule has 6 heteroatoms. The van der Waals surface area contributed by atoms with E-state index in [9.17, 15) is 0 Å². The zero-order chi connectivity index (χ0) is 11.8. The van der Waals surface area contributed by atoms with Crippen LogP contribution in [0.3, 0.4) is 0 Å². The number of aromatic nitrogens is 4. The zero-order valence-electron chi connectivity index (χ0n) is 9.60. The summed E-state index contributed by atoms with van der Waals surface area (Å²) in [5, 5.41) is 0. The van der Waals surface area contributed by atoms with Gasteiger partial charge in [-0.25, -0.2) is 15.0 Å². The maximum absolute atomic E-state index is 4.39. The van der Waals surface area contributed by atoms with Crippen molar-refractivity contribution in [1.29, 1.82) is 0 Å². The Hall–Kier alpha value is -1.17. The van der Waals surface area contributed by atoms with Crippen LogP contribution in [-0.4, -0.2) is 37.9 Å². The van der Waals surface area contributed by atoms with Crippen molar-refractivity contribution in [3.63, 3.8) is 0 Å². The van der Waals surface area contributed by atoms with Gasteiger partial charge in [-0.3, -0.25) is 0 Å². The van der Waals surface area contributed by atoms with Crippen molar-refractivity contribution in [1.82, 2.24) is 19.9 Å². The van der Waals surface area contributed by atoms with Gasteiger partial charge < -0.3 is 9.88 Å². The summed E-state index contributed by atoms with van der Waals surface area (Å²) in [6.45, 7) is 4.30. The third-order valence-electron chi connectivity index (χ3n) is 3.30. The number of imidazole rings is 1. The van der Waals surface area contributed by atoms with Gasteiger partial charge >= 0.3 is 0 Å². The van der Waals surface area contributed by atoms with E-state index in [1.54, 1.807) is 12.7 Å². The fourth-order valence-corrected chi connectivity index (χ4v) is 2.67. The van der Waals surface area contributed by atoms with Crippen LogP contribution in [0.15, 0.2) is 12.7 Å². The SMILES string of the molecule is CC1CN(c2ncnc3nc[nH]c23)CCC1Br. The fourth-order valence-electron chi connectivity index (χ4n) is 2.30. The molecule has 0 spiro atoms. The monoisotopic (exact) mass is 295 g/mol. The summed E-state index contributed by atoms with van der Waals surface area (Å²) in [5.41, 5.74) is 1.68. The highest BCUT2D eigenvalue weighted by atomic mass is 79.9. The van der Waals surface area contributed by atoms with Crippen molar-refractivity contribution in [2.45, 2.75) is 18.2 Å². The zero-order valence-corrected chi connectivity index (χ0v) is 11.2. The van der Waals surface area contributed by atoms with E-state index in [1.165, 1.54) is 0 Å². The van der Waals surface area contributed by atoms with Gasteiger partial charge in [0.05, 0.1) is 6.33 Å². The van der Waals surface area contributed by atoms with Crippen LogP contribution in [0.5, 0.6) is 0 Å². The van der Waals surface area contributed by atoms with E-state index < -0.39 is 0 Å². The summed E-state index contributed by atoms with van der Waals surface area (Å²) in [4.78, 5) is 18.7. The Balaban J connectivity index is 1.96. The van der Waals surface area contributed by atoms with E-state index in [0.29, 0.717) is 10.7 Å². The first-order chi connectivity index (χ1) is 8.25. The minimum absolute atomic E-state index is 0.609. The van der Waals surface area contributed by atoms with Crippen LogP contribution in [0.25, 0.3) is 11.2 Å². The molecule has 0 bridgehead atoms. The van der Waals surface area contributed by atoms with Gasteiger partial charge in [0.1, 0.15) is 11.8 Å². The molecule has 0 aromatic carbocycles. The Morgan fingerprint density at radius 2 is 2.29 bits per heavy atom. The van der Waals surface area contributed by atoms with Crippen LogP contribution in [0, 0.1) is 5.92 Å². The van der Waals surface area contributed by atoms with Crippen LogP contribution < -0.4 is 4.90 Å². The first-order valence-electron chi connectivity index (χ1n) is 5.79. The molecular weight excluding hydrogens is 282 g/mol. The van der Waals surface area contributed by atoms with Crippen molar-refractivity contribution in [3.05, 3.63) is 12.7 Å². The van der Waals surface area contributed by atoms with Crippen molar-refractivity contribution in [2.24, 2.45) is 5.92 Å². The van der Waals surface area contributed by atoms with Crippen LogP contribution in [-0.2, 0) is 0 Å². The highest BCUT2D eigenvalue weighted by Crippen LogP contribution is 2.28. The molecular formula is C11H14BrN5. The molecule has 0 saturated carbocycles. The largest absolute Gasteiger partial charge is 0.354 e. The Bertz CT molecular complexity index is 525. The van der Waals surface area contributed by atoms with E-state index >= 15 is 0 Å². The third-order valence-corrected chi connectivity index (χ3v) is 4.66. The molecule has 2 aromatic rings. The van der Waals surface area contributed by atoms with Gasteiger partial charge in [0.25, 0.3) is 0 Å². The van der Waals surface area contributed by atoms with Crippen LogP contribution >= 0.6 is 15.9 Å². The summed E-state index contributed by atoms with van der Waals surface area (Å²) in [7, 11) is 0. The molecule has 1 saturated heterocycles.